The molecule has 7 heteroatoms. The number of para-hydroxylation sites is 1. The molecule has 0 fully saturated rings. The van der Waals surface area contributed by atoms with E-state index >= 15 is 0 Å². The highest BCUT2D eigenvalue weighted by Crippen LogP contribution is 2.42. The molecule has 1 heterocycles. The van der Waals surface area contributed by atoms with Crippen LogP contribution in [0, 0.1) is 6.92 Å². The molecule has 31 heavy (non-hydrogen) atoms. The smallest absolute Gasteiger partial charge is 0.265 e. The SMILES string of the molecule is Cc1ccc(OCC(C)NC(=O)CN2c3ccccc3-c3ccccc3S2(=O)=O)cc1. The van der Waals surface area contributed by atoms with Crippen molar-refractivity contribution in [2.24, 2.45) is 0 Å². The number of nitrogens with zero attached hydrogens (tertiary/aromatic N) is 1. The zero-order valence-electron chi connectivity index (χ0n) is 17.4. The number of nitrogens with one attached hydrogen (secondary N) is 1. The van der Waals surface area contributed by atoms with Crippen molar-refractivity contribution in [2.75, 3.05) is 17.5 Å². The molecule has 1 unspecified atom stereocenters. The summed E-state index contributed by atoms with van der Waals surface area (Å²) in [6.45, 7) is 3.79. The Morgan fingerprint density at radius 1 is 0.968 bits per heavy atom. The number of carbonyl (C=O) groups is 1. The van der Waals surface area contributed by atoms with Gasteiger partial charge in [-0.25, -0.2) is 8.42 Å². The lowest BCUT2D eigenvalue weighted by atomic mass is 10.0. The second-order valence-corrected chi connectivity index (χ2v) is 9.45. The minimum atomic E-state index is -3.85. The molecule has 0 aliphatic carbocycles. The van der Waals surface area contributed by atoms with E-state index in [2.05, 4.69) is 5.32 Å². The highest BCUT2D eigenvalue weighted by molar-refractivity contribution is 7.93. The number of fused-ring (bicyclic) bond motifs is 3. The lowest BCUT2D eigenvalue weighted by Gasteiger charge is -2.31. The van der Waals surface area contributed by atoms with Crippen molar-refractivity contribution in [1.82, 2.24) is 5.32 Å². The fraction of sp³-hybridized carbons (Fsp3) is 0.208. The van der Waals surface area contributed by atoms with Crippen LogP contribution < -0.4 is 14.4 Å². The molecule has 1 amide bonds. The fourth-order valence-corrected chi connectivity index (χ4v) is 5.25. The quantitative estimate of drug-likeness (QED) is 0.639. The van der Waals surface area contributed by atoms with Crippen molar-refractivity contribution in [3.63, 3.8) is 0 Å². The monoisotopic (exact) mass is 436 g/mol. The van der Waals surface area contributed by atoms with Gasteiger partial charge in [-0.1, -0.05) is 54.1 Å². The molecule has 1 atom stereocenters. The molecule has 0 saturated heterocycles. The Labute approximate surface area is 182 Å². The number of aryl methyl sites for hydroxylation is 1. The Kier molecular flexibility index (Phi) is 5.69. The first kappa shape index (κ1) is 20.9. The average Bonchev–Trinajstić information content (AvgIpc) is 2.76. The minimum absolute atomic E-state index is 0.206. The van der Waals surface area contributed by atoms with Crippen molar-refractivity contribution in [2.45, 2.75) is 24.8 Å². The van der Waals surface area contributed by atoms with Crippen molar-refractivity contribution >= 4 is 21.6 Å². The zero-order valence-corrected chi connectivity index (χ0v) is 18.2. The Hall–Kier alpha value is -3.32. The third-order valence-electron chi connectivity index (χ3n) is 5.13. The van der Waals surface area contributed by atoms with Gasteiger partial charge in [0.25, 0.3) is 10.0 Å². The predicted molar refractivity (Wildman–Crippen MR) is 121 cm³/mol. The number of rotatable bonds is 6. The second-order valence-electron chi connectivity index (χ2n) is 7.62. The third kappa shape index (κ3) is 4.27. The molecule has 1 aliphatic heterocycles. The first-order chi connectivity index (χ1) is 14.9. The summed E-state index contributed by atoms with van der Waals surface area (Å²) in [5.74, 6) is 0.327. The number of anilines is 1. The second kappa shape index (κ2) is 8.43. The van der Waals surface area contributed by atoms with Crippen LogP contribution >= 0.6 is 0 Å². The van der Waals surface area contributed by atoms with Gasteiger partial charge in [-0.3, -0.25) is 9.10 Å². The van der Waals surface area contributed by atoms with Crippen LogP contribution in [0.2, 0.25) is 0 Å². The zero-order chi connectivity index (χ0) is 22.0. The van der Waals surface area contributed by atoms with Crippen molar-refractivity contribution in [1.29, 1.82) is 0 Å². The largest absolute Gasteiger partial charge is 0.491 e. The third-order valence-corrected chi connectivity index (χ3v) is 6.95. The number of hydrogen-bond donors (Lipinski definition) is 1. The van der Waals surface area contributed by atoms with E-state index in [4.69, 9.17) is 4.74 Å². The number of hydrogen-bond acceptors (Lipinski definition) is 4. The van der Waals surface area contributed by atoms with Crippen molar-refractivity contribution in [3.05, 3.63) is 78.4 Å². The molecule has 4 rings (SSSR count). The molecular weight excluding hydrogens is 412 g/mol. The summed E-state index contributed by atoms with van der Waals surface area (Å²) in [6, 6.07) is 21.4. The van der Waals surface area contributed by atoms with Crippen LogP contribution in [0.5, 0.6) is 5.75 Å². The molecular formula is C24H24N2O4S. The van der Waals surface area contributed by atoms with Crippen LogP contribution in [-0.4, -0.2) is 33.5 Å². The topological polar surface area (TPSA) is 75.7 Å². The van der Waals surface area contributed by atoms with Crippen LogP contribution in [0.1, 0.15) is 12.5 Å². The van der Waals surface area contributed by atoms with Crippen LogP contribution in [0.15, 0.2) is 77.7 Å². The van der Waals surface area contributed by atoms with Gasteiger partial charge in [-0.05, 0) is 38.1 Å². The Morgan fingerprint density at radius 3 is 2.35 bits per heavy atom. The van der Waals surface area contributed by atoms with Gasteiger partial charge in [0.2, 0.25) is 5.91 Å². The van der Waals surface area contributed by atoms with Crippen LogP contribution in [0.4, 0.5) is 5.69 Å². The summed E-state index contributed by atoms with van der Waals surface area (Å²) in [4.78, 5) is 12.9. The molecule has 3 aromatic carbocycles. The van der Waals surface area contributed by atoms with E-state index in [1.54, 1.807) is 30.3 Å². The molecule has 0 saturated carbocycles. The summed E-state index contributed by atoms with van der Waals surface area (Å²) in [5, 5.41) is 2.83. The molecule has 160 valence electrons. The maximum atomic E-state index is 13.2. The number of carbonyl (C=O) groups excluding carboxylic acids is 1. The Balaban J connectivity index is 1.48. The molecule has 6 nitrogen and oxygen atoms in total. The van der Waals surface area contributed by atoms with Gasteiger partial charge in [0, 0.05) is 11.1 Å². The van der Waals surface area contributed by atoms with Gasteiger partial charge in [-0.2, -0.15) is 0 Å². The Morgan fingerprint density at radius 2 is 1.61 bits per heavy atom. The lowest BCUT2D eigenvalue weighted by Crippen LogP contribution is -2.46. The predicted octanol–water partition coefficient (Wildman–Crippen LogP) is 3.75. The van der Waals surface area contributed by atoms with Gasteiger partial charge in [0.05, 0.1) is 16.6 Å². The first-order valence-corrected chi connectivity index (χ1v) is 11.5. The highest BCUT2D eigenvalue weighted by Gasteiger charge is 2.35. The number of ether oxygens (including phenoxy) is 1. The van der Waals surface area contributed by atoms with E-state index in [1.165, 1.54) is 4.31 Å². The first-order valence-electron chi connectivity index (χ1n) is 10.1. The summed E-state index contributed by atoms with van der Waals surface area (Å²) >= 11 is 0. The van der Waals surface area contributed by atoms with Gasteiger partial charge in [-0.15, -0.1) is 0 Å². The Bertz CT molecular complexity index is 1210. The molecule has 0 aromatic heterocycles. The molecule has 0 bridgehead atoms. The highest BCUT2D eigenvalue weighted by atomic mass is 32.2. The van der Waals surface area contributed by atoms with Gasteiger partial charge >= 0.3 is 0 Å². The van der Waals surface area contributed by atoms with Gasteiger partial charge in [0.15, 0.2) is 0 Å². The molecule has 3 aromatic rings. The van der Waals surface area contributed by atoms with Gasteiger partial charge in [0.1, 0.15) is 18.9 Å². The molecule has 0 radical (unpaired) electrons. The van der Waals surface area contributed by atoms with Gasteiger partial charge < -0.3 is 10.1 Å². The number of amides is 1. The lowest BCUT2D eigenvalue weighted by molar-refractivity contribution is -0.120. The van der Waals surface area contributed by atoms with E-state index in [0.717, 1.165) is 16.9 Å². The normalized spacial score (nSPS) is 14.8. The average molecular weight is 437 g/mol. The summed E-state index contributed by atoms with van der Waals surface area (Å²) in [7, 11) is -3.85. The van der Waals surface area contributed by atoms with Crippen LogP contribution in [0.3, 0.4) is 0 Å². The van der Waals surface area contributed by atoms with Crippen LogP contribution in [-0.2, 0) is 14.8 Å². The summed E-state index contributed by atoms with van der Waals surface area (Å²) < 4.78 is 33.4. The van der Waals surface area contributed by atoms with Crippen LogP contribution in [0.25, 0.3) is 11.1 Å². The maximum absolute atomic E-state index is 13.2. The van der Waals surface area contributed by atoms with E-state index in [9.17, 15) is 13.2 Å². The van der Waals surface area contributed by atoms with Crippen molar-refractivity contribution in [3.8, 4) is 16.9 Å². The maximum Gasteiger partial charge on any atom is 0.265 e. The molecule has 1 aliphatic rings. The van der Waals surface area contributed by atoms with E-state index in [0.29, 0.717) is 11.3 Å². The standard InChI is InChI=1S/C24H24N2O4S/c1-17-11-13-19(14-12-17)30-16-18(2)25-24(27)15-26-22-9-5-3-7-20(22)21-8-4-6-10-23(21)31(26,28)29/h3-14,18H,15-16H2,1-2H3,(H,25,27). The molecule has 0 spiro atoms. The number of benzene rings is 3. The van der Waals surface area contributed by atoms with E-state index < -0.39 is 15.9 Å². The number of sulfonamides is 1. The minimum Gasteiger partial charge on any atom is -0.491 e. The van der Waals surface area contributed by atoms with E-state index in [1.807, 2.05) is 56.3 Å². The summed E-state index contributed by atoms with van der Waals surface area (Å²) in [6.07, 6.45) is 0. The molecule has 1 N–H and O–H groups in total. The fourth-order valence-electron chi connectivity index (χ4n) is 3.60. The van der Waals surface area contributed by atoms with E-state index in [-0.39, 0.29) is 24.1 Å². The summed E-state index contributed by atoms with van der Waals surface area (Å²) in [5.41, 5.74) is 3.07. The van der Waals surface area contributed by atoms with Crippen molar-refractivity contribution < 1.29 is 17.9 Å².